The van der Waals surface area contributed by atoms with Crippen molar-refractivity contribution in [1.82, 2.24) is 5.32 Å². The number of hydrogen-bond acceptors (Lipinski definition) is 2. The maximum atomic E-state index is 10.9. The van der Waals surface area contributed by atoms with Crippen LogP contribution < -0.4 is 5.32 Å². The summed E-state index contributed by atoms with van der Waals surface area (Å²) in [6.45, 7) is 4.94. The molecule has 0 unspecified atom stereocenters. The van der Waals surface area contributed by atoms with Crippen molar-refractivity contribution >= 4 is 5.97 Å². The average molecular weight is 171 g/mol. The van der Waals surface area contributed by atoms with E-state index in [1.807, 2.05) is 6.92 Å². The van der Waals surface area contributed by atoms with E-state index in [0.717, 1.165) is 25.8 Å². The molecule has 12 heavy (non-hydrogen) atoms. The van der Waals surface area contributed by atoms with Crippen molar-refractivity contribution in [3.63, 3.8) is 0 Å². The highest BCUT2D eigenvalue weighted by Gasteiger charge is 2.47. The molecule has 0 amide bonds. The van der Waals surface area contributed by atoms with E-state index in [9.17, 15) is 4.79 Å². The monoisotopic (exact) mass is 171 g/mol. The highest BCUT2D eigenvalue weighted by atomic mass is 16.4. The van der Waals surface area contributed by atoms with Crippen LogP contribution >= 0.6 is 0 Å². The van der Waals surface area contributed by atoms with Crippen LogP contribution in [-0.4, -0.2) is 23.2 Å². The standard InChI is InChI=1S/C9H17NO2/c1-3-4-10-9(8(11)12)5-7(2)6-9/h7,10H,3-6H2,1-2H3,(H,11,12). The Morgan fingerprint density at radius 3 is 2.58 bits per heavy atom. The van der Waals surface area contributed by atoms with E-state index in [0.29, 0.717) is 5.92 Å². The highest BCUT2D eigenvalue weighted by molar-refractivity contribution is 5.80. The molecule has 1 fully saturated rings. The summed E-state index contributed by atoms with van der Waals surface area (Å²) >= 11 is 0. The summed E-state index contributed by atoms with van der Waals surface area (Å²) in [5, 5.41) is 12.1. The summed E-state index contributed by atoms with van der Waals surface area (Å²) in [5.41, 5.74) is -0.588. The predicted molar refractivity (Wildman–Crippen MR) is 47.1 cm³/mol. The Balaban J connectivity index is 2.45. The molecule has 0 aromatic carbocycles. The number of hydrogen-bond donors (Lipinski definition) is 2. The van der Waals surface area contributed by atoms with Gasteiger partial charge in [-0.2, -0.15) is 0 Å². The zero-order valence-corrected chi connectivity index (χ0v) is 7.76. The lowest BCUT2D eigenvalue weighted by atomic mass is 9.69. The third-order valence-electron chi connectivity index (χ3n) is 2.52. The van der Waals surface area contributed by atoms with Gasteiger partial charge in [0, 0.05) is 0 Å². The molecule has 0 aliphatic heterocycles. The van der Waals surface area contributed by atoms with E-state index in [2.05, 4.69) is 12.2 Å². The number of aliphatic carboxylic acids is 1. The van der Waals surface area contributed by atoms with Crippen molar-refractivity contribution in [2.45, 2.75) is 38.6 Å². The van der Waals surface area contributed by atoms with E-state index in [1.165, 1.54) is 0 Å². The molecule has 0 atom stereocenters. The molecule has 0 bridgehead atoms. The lowest BCUT2D eigenvalue weighted by Crippen LogP contribution is -2.60. The van der Waals surface area contributed by atoms with Gasteiger partial charge in [-0.25, -0.2) is 0 Å². The van der Waals surface area contributed by atoms with Crippen LogP contribution in [0.15, 0.2) is 0 Å². The number of carbonyl (C=O) groups is 1. The number of carboxylic acids is 1. The van der Waals surface area contributed by atoms with Crippen molar-refractivity contribution in [2.24, 2.45) is 5.92 Å². The molecular weight excluding hydrogens is 154 g/mol. The normalized spacial score (nSPS) is 34.3. The molecule has 0 radical (unpaired) electrons. The van der Waals surface area contributed by atoms with Crippen LogP contribution in [-0.2, 0) is 4.79 Å². The van der Waals surface area contributed by atoms with Gasteiger partial charge < -0.3 is 10.4 Å². The Hall–Kier alpha value is -0.570. The fourth-order valence-electron chi connectivity index (χ4n) is 1.89. The minimum Gasteiger partial charge on any atom is -0.480 e. The van der Waals surface area contributed by atoms with E-state index in [4.69, 9.17) is 5.11 Å². The molecule has 0 aromatic heterocycles. The second kappa shape index (κ2) is 3.44. The van der Waals surface area contributed by atoms with Crippen molar-refractivity contribution in [3.05, 3.63) is 0 Å². The lowest BCUT2D eigenvalue weighted by Gasteiger charge is -2.43. The average Bonchev–Trinajstić information content (AvgIpc) is 1.95. The Labute approximate surface area is 73.2 Å². The molecule has 0 saturated heterocycles. The molecule has 0 heterocycles. The number of nitrogens with one attached hydrogen (secondary N) is 1. The van der Waals surface area contributed by atoms with Crippen molar-refractivity contribution < 1.29 is 9.90 Å². The topological polar surface area (TPSA) is 49.3 Å². The molecule has 1 aliphatic carbocycles. The van der Waals surface area contributed by atoms with Gasteiger partial charge in [0.05, 0.1) is 0 Å². The summed E-state index contributed by atoms with van der Waals surface area (Å²) in [5.74, 6) is -0.125. The smallest absolute Gasteiger partial charge is 0.323 e. The fraction of sp³-hybridized carbons (Fsp3) is 0.889. The van der Waals surface area contributed by atoms with E-state index in [-0.39, 0.29) is 0 Å². The molecular formula is C9H17NO2. The van der Waals surface area contributed by atoms with Gasteiger partial charge in [0.25, 0.3) is 0 Å². The summed E-state index contributed by atoms with van der Waals surface area (Å²) in [4.78, 5) is 10.9. The first kappa shape index (κ1) is 9.52. The number of rotatable bonds is 4. The fourth-order valence-corrected chi connectivity index (χ4v) is 1.89. The summed E-state index contributed by atoms with van der Waals surface area (Å²) in [6, 6.07) is 0. The highest BCUT2D eigenvalue weighted by Crippen LogP contribution is 2.37. The van der Waals surface area contributed by atoms with E-state index < -0.39 is 11.5 Å². The van der Waals surface area contributed by atoms with Crippen LogP contribution in [0.25, 0.3) is 0 Å². The van der Waals surface area contributed by atoms with Crippen LogP contribution in [0.1, 0.15) is 33.1 Å². The van der Waals surface area contributed by atoms with Crippen LogP contribution in [0, 0.1) is 5.92 Å². The Bertz CT molecular complexity index is 173. The van der Waals surface area contributed by atoms with Crippen molar-refractivity contribution in [1.29, 1.82) is 0 Å². The molecule has 70 valence electrons. The third kappa shape index (κ3) is 1.61. The minimum atomic E-state index is -0.686. The summed E-state index contributed by atoms with van der Waals surface area (Å²) in [6.07, 6.45) is 2.55. The first-order valence-electron chi connectivity index (χ1n) is 4.59. The summed E-state index contributed by atoms with van der Waals surface area (Å²) in [7, 11) is 0. The zero-order chi connectivity index (χ0) is 9.19. The molecule has 1 rings (SSSR count). The molecule has 0 spiro atoms. The summed E-state index contributed by atoms with van der Waals surface area (Å²) < 4.78 is 0. The van der Waals surface area contributed by atoms with Crippen molar-refractivity contribution in [2.75, 3.05) is 6.54 Å². The van der Waals surface area contributed by atoms with Crippen LogP contribution in [0.4, 0.5) is 0 Å². The van der Waals surface area contributed by atoms with E-state index >= 15 is 0 Å². The largest absolute Gasteiger partial charge is 0.480 e. The molecule has 1 saturated carbocycles. The first-order valence-corrected chi connectivity index (χ1v) is 4.59. The first-order chi connectivity index (χ1) is 5.60. The van der Waals surface area contributed by atoms with Gasteiger partial charge in [-0.05, 0) is 31.7 Å². The van der Waals surface area contributed by atoms with Gasteiger partial charge >= 0.3 is 5.97 Å². The van der Waals surface area contributed by atoms with Gasteiger partial charge in [-0.3, -0.25) is 4.79 Å². The predicted octanol–water partition coefficient (Wildman–Crippen LogP) is 1.24. The van der Waals surface area contributed by atoms with Gasteiger partial charge in [-0.1, -0.05) is 13.8 Å². The number of carboxylic acid groups (broad SMARTS) is 1. The van der Waals surface area contributed by atoms with Crippen LogP contribution in [0.3, 0.4) is 0 Å². The Kier molecular flexibility index (Phi) is 2.73. The lowest BCUT2D eigenvalue weighted by molar-refractivity contribution is -0.151. The van der Waals surface area contributed by atoms with E-state index in [1.54, 1.807) is 0 Å². The Morgan fingerprint density at radius 1 is 1.67 bits per heavy atom. The van der Waals surface area contributed by atoms with Crippen LogP contribution in [0.5, 0.6) is 0 Å². The molecule has 3 nitrogen and oxygen atoms in total. The second-order valence-electron chi connectivity index (χ2n) is 3.83. The van der Waals surface area contributed by atoms with Crippen LogP contribution in [0.2, 0.25) is 0 Å². The van der Waals surface area contributed by atoms with Crippen molar-refractivity contribution in [3.8, 4) is 0 Å². The molecule has 3 heteroatoms. The van der Waals surface area contributed by atoms with Gasteiger partial charge in [0.2, 0.25) is 0 Å². The quantitative estimate of drug-likeness (QED) is 0.669. The van der Waals surface area contributed by atoms with Gasteiger partial charge in [0.1, 0.15) is 5.54 Å². The molecule has 1 aliphatic rings. The maximum Gasteiger partial charge on any atom is 0.323 e. The Morgan fingerprint density at radius 2 is 2.25 bits per heavy atom. The second-order valence-corrected chi connectivity index (χ2v) is 3.83. The zero-order valence-electron chi connectivity index (χ0n) is 7.76. The molecule has 0 aromatic rings. The van der Waals surface area contributed by atoms with Gasteiger partial charge in [0.15, 0.2) is 0 Å². The minimum absolute atomic E-state index is 0.561. The van der Waals surface area contributed by atoms with Gasteiger partial charge in [-0.15, -0.1) is 0 Å². The molecule has 2 N–H and O–H groups in total. The SMILES string of the molecule is CCCNC1(C(=O)O)CC(C)C1. The maximum absolute atomic E-state index is 10.9. The third-order valence-corrected chi connectivity index (χ3v) is 2.52.